The molecule has 0 fully saturated rings. The topological polar surface area (TPSA) is 92.3 Å². The highest BCUT2D eigenvalue weighted by molar-refractivity contribution is 7.90. The van der Waals surface area contributed by atoms with E-state index in [1.165, 1.54) is 30.3 Å². The second-order valence-corrected chi connectivity index (χ2v) is 9.53. The summed E-state index contributed by atoms with van der Waals surface area (Å²) in [7, 11) is -7.61. The molecule has 0 saturated carbocycles. The maximum Gasteiger partial charge on any atom is 0.242 e. The molecule has 2 aromatic rings. The summed E-state index contributed by atoms with van der Waals surface area (Å²) in [5.41, 5.74) is 0.935. The van der Waals surface area contributed by atoms with Crippen molar-refractivity contribution >= 4 is 43.2 Å². The second-order valence-electron chi connectivity index (χ2n) is 5.18. The van der Waals surface area contributed by atoms with Gasteiger partial charge in [0.05, 0.1) is 9.92 Å². The molecule has 10 heteroatoms. The molecule has 6 nitrogen and oxygen atoms in total. The molecule has 136 valence electrons. The molecule has 0 bridgehead atoms. The monoisotopic (exact) mass is 422 g/mol. The van der Waals surface area contributed by atoms with E-state index in [0.29, 0.717) is 0 Å². The summed E-state index contributed by atoms with van der Waals surface area (Å²) in [6.07, 6.45) is 0. The maximum absolute atomic E-state index is 12.2. The minimum Gasteiger partial charge on any atom is -0.210 e. The number of rotatable bonds is 7. The fourth-order valence-electron chi connectivity index (χ4n) is 1.93. The summed E-state index contributed by atoms with van der Waals surface area (Å²) in [6.45, 7) is 1.59. The average molecular weight is 423 g/mol. The SMILES string of the molecule is Cc1ccc(S(=O)(=O)NCCNS(=O)(=O)c2cc(Cl)ccc2Cl)cc1. The fraction of sp³-hybridized carbons (Fsp3) is 0.200. The first-order valence-corrected chi connectivity index (χ1v) is 10.8. The molecule has 0 unspecified atom stereocenters. The number of hydrogen-bond donors (Lipinski definition) is 2. The summed E-state index contributed by atoms with van der Waals surface area (Å²) < 4.78 is 53.2. The third-order valence-corrected chi connectivity index (χ3v) is 6.88. The molecule has 2 N–H and O–H groups in total. The van der Waals surface area contributed by atoms with Crippen molar-refractivity contribution in [3.05, 3.63) is 58.1 Å². The van der Waals surface area contributed by atoms with Crippen LogP contribution in [-0.2, 0) is 20.0 Å². The normalized spacial score (nSPS) is 12.3. The molecular weight excluding hydrogens is 407 g/mol. The Morgan fingerprint density at radius 2 is 1.40 bits per heavy atom. The first-order valence-electron chi connectivity index (χ1n) is 7.13. The van der Waals surface area contributed by atoms with Crippen LogP contribution in [0.4, 0.5) is 0 Å². The highest BCUT2D eigenvalue weighted by atomic mass is 35.5. The molecule has 2 rings (SSSR count). The van der Waals surface area contributed by atoms with E-state index in [1.807, 2.05) is 6.92 Å². The van der Waals surface area contributed by atoms with Crippen LogP contribution in [0.2, 0.25) is 10.0 Å². The zero-order valence-corrected chi connectivity index (χ0v) is 16.3. The molecule has 25 heavy (non-hydrogen) atoms. The minimum atomic E-state index is -3.90. The summed E-state index contributed by atoms with van der Waals surface area (Å²) in [6, 6.07) is 10.4. The largest absolute Gasteiger partial charge is 0.242 e. The molecule has 0 saturated heterocycles. The van der Waals surface area contributed by atoms with Gasteiger partial charge in [-0.25, -0.2) is 26.3 Å². The third kappa shape index (κ3) is 5.40. The van der Waals surface area contributed by atoms with Crippen molar-refractivity contribution in [2.24, 2.45) is 0 Å². The highest BCUT2D eigenvalue weighted by Gasteiger charge is 2.19. The van der Waals surface area contributed by atoms with Gasteiger partial charge in [0.2, 0.25) is 20.0 Å². The number of nitrogens with one attached hydrogen (secondary N) is 2. The molecule has 2 aromatic carbocycles. The number of halogens is 2. The van der Waals surface area contributed by atoms with Gasteiger partial charge in [0.25, 0.3) is 0 Å². The van der Waals surface area contributed by atoms with Gasteiger partial charge in [-0.15, -0.1) is 0 Å². The van der Waals surface area contributed by atoms with E-state index in [4.69, 9.17) is 23.2 Å². The molecule has 0 aromatic heterocycles. The predicted molar refractivity (Wildman–Crippen MR) is 98.0 cm³/mol. The summed E-state index contributed by atoms with van der Waals surface area (Å²) >= 11 is 11.7. The van der Waals surface area contributed by atoms with Gasteiger partial charge in [0.15, 0.2) is 0 Å². The van der Waals surface area contributed by atoms with Crippen LogP contribution in [0.5, 0.6) is 0 Å². The molecule has 0 aliphatic heterocycles. The lowest BCUT2D eigenvalue weighted by Gasteiger charge is -2.10. The number of benzene rings is 2. The lowest BCUT2D eigenvalue weighted by atomic mass is 10.2. The van der Waals surface area contributed by atoms with E-state index in [0.717, 1.165) is 5.56 Å². The predicted octanol–water partition coefficient (Wildman–Crippen LogP) is 2.56. The zero-order chi connectivity index (χ0) is 18.7. The Balaban J connectivity index is 1.98. The lowest BCUT2D eigenvalue weighted by Crippen LogP contribution is -2.34. The highest BCUT2D eigenvalue weighted by Crippen LogP contribution is 2.24. The minimum absolute atomic E-state index is 0.0251. The summed E-state index contributed by atoms with van der Waals surface area (Å²) in [4.78, 5) is -0.0538. The fourth-order valence-corrected chi connectivity index (χ4v) is 4.76. The van der Waals surface area contributed by atoms with Crippen molar-refractivity contribution in [2.75, 3.05) is 13.1 Å². The van der Waals surface area contributed by atoms with Crippen molar-refractivity contribution in [2.45, 2.75) is 16.7 Å². The molecule has 0 aliphatic carbocycles. The van der Waals surface area contributed by atoms with Crippen molar-refractivity contribution in [1.82, 2.24) is 9.44 Å². The molecule has 0 atom stereocenters. The number of aryl methyl sites for hydroxylation is 1. The average Bonchev–Trinajstić information content (AvgIpc) is 2.54. The first-order chi connectivity index (χ1) is 11.6. The first kappa shape index (κ1) is 20.2. The Bertz CT molecular complexity index is 960. The van der Waals surface area contributed by atoms with E-state index in [-0.39, 0.29) is 32.9 Å². The van der Waals surface area contributed by atoms with Crippen LogP contribution in [0, 0.1) is 6.92 Å². The molecular formula is C15H16Cl2N2O4S2. The third-order valence-electron chi connectivity index (χ3n) is 3.22. The molecule has 0 radical (unpaired) electrons. The van der Waals surface area contributed by atoms with Gasteiger partial charge in [-0.2, -0.15) is 0 Å². The lowest BCUT2D eigenvalue weighted by molar-refractivity contribution is 0.570. The van der Waals surface area contributed by atoms with E-state index >= 15 is 0 Å². The van der Waals surface area contributed by atoms with Crippen LogP contribution in [-0.4, -0.2) is 29.9 Å². The Labute approximate surface area is 157 Å². The molecule has 0 aliphatic rings. The summed E-state index contributed by atoms with van der Waals surface area (Å²) in [5, 5.41) is 0.252. The van der Waals surface area contributed by atoms with E-state index in [9.17, 15) is 16.8 Å². The van der Waals surface area contributed by atoms with E-state index < -0.39 is 20.0 Å². The molecule has 0 amide bonds. The maximum atomic E-state index is 12.2. The quantitative estimate of drug-likeness (QED) is 0.670. The van der Waals surface area contributed by atoms with Gasteiger partial charge in [0.1, 0.15) is 4.90 Å². The van der Waals surface area contributed by atoms with Gasteiger partial charge in [-0.05, 0) is 37.3 Å². The van der Waals surface area contributed by atoms with Crippen LogP contribution in [0.25, 0.3) is 0 Å². The van der Waals surface area contributed by atoms with Crippen molar-refractivity contribution in [3.63, 3.8) is 0 Å². The van der Waals surface area contributed by atoms with Crippen LogP contribution in [0.1, 0.15) is 5.56 Å². The van der Waals surface area contributed by atoms with E-state index in [2.05, 4.69) is 9.44 Å². The number of sulfonamides is 2. The standard InChI is InChI=1S/C15H16Cl2N2O4S2/c1-11-2-5-13(6-3-11)24(20,21)18-8-9-19-25(22,23)15-10-12(16)4-7-14(15)17/h2-7,10,18-19H,8-9H2,1H3. The van der Waals surface area contributed by atoms with Crippen LogP contribution >= 0.6 is 23.2 Å². The van der Waals surface area contributed by atoms with Crippen LogP contribution in [0.3, 0.4) is 0 Å². The van der Waals surface area contributed by atoms with Gasteiger partial charge < -0.3 is 0 Å². The van der Waals surface area contributed by atoms with Gasteiger partial charge in [-0.3, -0.25) is 0 Å². The molecule has 0 spiro atoms. The van der Waals surface area contributed by atoms with Crippen molar-refractivity contribution in [1.29, 1.82) is 0 Å². The zero-order valence-electron chi connectivity index (χ0n) is 13.2. The summed E-state index contributed by atoms with van der Waals surface area (Å²) in [5.74, 6) is 0. The van der Waals surface area contributed by atoms with Crippen LogP contribution < -0.4 is 9.44 Å². The van der Waals surface area contributed by atoms with Gasteiger partial charge >= 0.3 is 0 Å². The Morgan fingerprint density at radius 1 is 0.840 bits per heavy atom. The van der Waals surface area contributed by atoms with Gasteiger partial charge in [0, 0.05) is 18.1 Å². The van der Waals surface area contributed by atoms with Gasteiger partial charge in [-0.1, -0.05) is 40.9 Å². The van der Waals surface area contributed by atoms with Crippen molar-refractivity contribution < 1.29 is 16.8 Å². The number of hydrogen-bond acceptors (Lipinski definition) is 4. The smallest absolute Gasteiger partial charge is 0.210 e. The Morgan fingerprint density at radius 3 is 2.00 bits per heavy atom. The second kappa shape index (κ2) is 8.03. The Hall–Kier alpha value is -1.16. The molecule has 0 heterocycles. The Kier molecular flexibility index (Phi) is 6.47. The van der Waals surface area contributed by atoms with E-state index in [1.54, 1.807) is 12.1 Å². The van der Waals surface area contributed by atoms with Crippen molar-refractivity contribution in [3.8, 4) is 0 Å². The van der Waals surface area contributed by atoms with Crippen LogP contribution in [0.15, 0.2) is 52.3 Å².